The maximum Gasteiger partial charge on any atom is 0.323 e. The van der Waals surface area contributed by atoms with Crippen molar-refractivity contribution >= 4 is 29.2 Å². The van der Waals surface area contributed by atoms with Crippen molar-refractivity contribution in [1.29, 1.82) is 0 Å². The first-order valence-electron chi connectivity index (χ1n) is 11.7. The molecular formula is C26H33FN4O5. The van der Waals surface area contributed by atoms with Crippen LogP contribution in [0.5, 0.6) is 5.75 Å². The number of hydrogen-bond donors (Lipinski definition) is 2. The molecule has 2 N–H and O–H groups in total. The number of benzene rings is 2. The van der Waals surface area contributed by atoms with Gasteiger partial charge in [0.2, 0.25) is 5.91 Å². The van der Waals surface area contributed by atoms with Crippen LogP contribution in [0.15, 0.2) is 42.5 Å². The highest BCUT2D eigenvalue weighted by Crippen LogP contribution is 2.26. The molecule has 1 aliphatic heterocycles. The first-order chi connectivity index (χ1) is 17.1. The zero-order valence-corrected chi connectivity index (χ0v) is 21.2. The molecular weight excluding hydrogens is 467 g/mol. The summed E-state index contributed by atoms with van der Waals surface area (Å²) >= 11 is 0. The van der Waals surface area contributed by atoms with Gasteiger partial charge in [-0.1, -0.05) is 13.0 Å². The summed E-state index contributed by atoms with van der Waals surface area (Å²) in [6, 6.07) is 9.44. The normalized spacial score (nSPS) is 20.9. The molecule has 36 heavy (non-hydrogen) atoms. The molecule has 0 spiro atoms. The van der Waals surface area contributed by atoms with E-state index in [0.717, 1.165) is 0 Å². The Morgan fingerprint density at radius 3 is 2.42 bits per heavy atom. The van der Waals surface area contributed by atoms with E-state index in [1.165, 1.54) is 36.1 Å². The van der Waals surface area contributed by atoms with Crippen LogP contribution in [0.25, 0.3) is 0 Å². The van der Waals surface area contributed by atoms with Crippen LogP contribution in [-0.2, 0) is 9.53 Å². The number of anilines is 2. The number of nitrogens with zero attached hydrogens (tertiary/aromatic N) is 2. The number of amides is 4. The molecule has 0 saturated carbocycles. The van der Waals surface area contributed by atoms with E-state index in [-0.39, 0.29) is 42.0 Å². The van der Waals surface area contributed by atoms with Crippen molar-refractivity contribution in [3.8, 4) is 5.75 Å². The Morgan fingerprint density at radius 2 is 1.78 bits per heavy atom. The van der Waals surface area contributed by atoms with Crippen molar-refractivity contribution in [1.82, 2.24) is 9.80 Å². The molecule has 0 aliphatic carbocycles. The molecule has 1 aliphatic rings. The van der Waals surface area contributed by atoms with Crippen LogP contribution in [0.3, 0.4) is 0 Å². The van der Waals surface area contributed by atoms with Gasteiger partial charge >= 0.3 is 6.03 Å². The summed E-state index contributed by atoms with van der Waals surface area (Å²) < 4.78 is 25.1. The molecule has 4 amide bonds. The van der Waals surface area contributed by atoms with E-state index in [1.54, 1.807) is 37.3 Å². The number of halogens is 1. The summed E-state index contributed by atoms with van der Waals surface area (Å²) in [6.45, 7) is 6.34. The molecule has 3 rings (SSSR count). The Balaban J connectivity index is 1.88. The van der Waals surface area contributed by atoms with Crippen LogP contribution < -0.4 is 15.4 Å². The molecule has 0 aromatic heterocycles. The van der Waals surface area contributed by atoms with Crippen LogP contribution in [0.1, 0.15) is 31.1 Å². The predicted octanol–water partition coefficient (Wildman–Crippen LogP) is 3.82. The maximum atomic E-state index is 13.4. The molecule has 0 radical (unpaired) electrons. The Morgan fingerprint density at radius 1 is 1.08 bits per heavy atom. The van der Waals surface area contributed by atoms with Gasteiger partial charge in [0.15, 0.2) is 0 Å². The maximum absolute atomic E-state index is 13.4. The first kappa shape index (κ1) is 26.9. The average Bonchev–Trinajstić information content (AvgIpc) is 2.83. The Kier molecular flexibility index (Phi) is 8.87. The predicted molar refractivity (Wildman–Crippen MR) is 135 cm³/mol. The van der Waals surface area contributed by atoms with Crippen LogP contribution in [0.4, 0.5) is 20.6 Å². The summed E-state index contributed by atoms with van der Waals surface area (Å²) in [7, 11) is 3.25. The molecule has 0 bridgehead atoms. The molecule has 9 nitrogen and oxygen atoms in total. The zero-order valence-electron chi connectivity index (χ0n) is 21.2. The van der Waals surface area contributed by atoms with Crippen molar-refractivity contribution in [3.63, 3.8) is 0 Å². The summed E-state index contributed by atoms with van der Waals surface area (Å²) in [5, 5.41) is 5.22. The Hall–Kier alpha value is -3.66. The van der Waals surface area contributed by atoms with E-state index >= 15 is 0 Å². The lowest BCUT2D eigenvalue weighted by atomic mass is 10.0. The molecule has 2 aromatic carbocycles. The lowest BCUT2D eigenvalue weighted by molar-refractivity contribution is -0.133. The first-order valence-corrected chi connectivity index (χ1v) is 11.7. The van der Waals surface area contributed by atoms with Crippen LogP contribution >= 0.6 is 0 Å². The van der Waals surface area contributed by atoms with Crippen molar-refractivity contribution in [2.45, 2.75) is 32.9 Å². The quantitative estimate of drug-likeness (QED) is 0.668. The van der Waals surface area contributed by atoms with Gasteiger partial charge in [-0.05, 0) is 43.3 Å². The second-order valence-electron chi connectivity index (χ2n) is 9.07. The molecule has 0 unspecified atom stereocenters. The monoisotopic (exact) mass is 500 g/mol. The van der Waals surface area contributed by atoms with E-state index < -0.39 is 11.8 Å². The van der Waals surface area contributed by atoms with Crippen LogP contribution in [0.2, 0.25) is 0 Å². The molecule has 2 aromatic rings. The number of urea groups is 1. The van der Waals surface area contributed by atoms with E-state index in [4.69, 9.17) is 9.47 Å². The standard InChI is InChI=1S/C26H33FN4O5/c1-16-13-31(18(3)32)17(2)15-36-23-10-9-21(12-22(23)25(33)30(4)14-24(16)35-5)29-26(34)28-20-8-6-7-19(27)11-20/h6-12,16-17,24H,13-15H2,1-5H3,(H2,28,29,34)/t16-,17+,24-/m1/s1. The fourth-order valence-corrected chi connectivity index (χ4v) is 4.15. The molecule has 0 saturated heterocycles. The minimum atomic E-state index is -0.589. The third kappa shape index (κ3) is 6.72. The Bertz CT molecular complexity index is 1110. The summed E-state index contributed by atoms with van der Waals surface area (Å²) in [6.07, 6.45) is -0.296. The lowest BCUT2D eigenvalue weighted by Crippen LogP contribution is -2.48. The van der Waals surface area contributed by atoms with Crippen LogP contribution in [0, 0.1) is 11.7 Å². The van der Waals surface area contributed by atoms with E-state index in [2.05, 4.69) is 10.6 Å². The summed E-state index contributed by atoms with van der Waals surface area (Å²) in [5.41, 5.74) is 0.905. The fraction of sp³-hybridized carbons (Fsp3) is 0.423. The fourth-order valence-electron chi connectivity index (χ4n) is 4.15. The highest BCUT2D eigenvalue weighted by atomic mass is 19.1. The van der Waals surface area contributed by atoms with Gasteiger partial charge in [-0.15, -0.1) is 0 Å². The van der Waals surface area contributed by atoms with Gasteiger partial charge in [0.1, 0.15) is 18.2 Å². The molecule has 10 heteroatoms. The SMILES string of the molecule is CO[C@@H]1CN(C)C(=O)c2cc(NC(=O)Nc3cccc(F)c3)ccc2OC[C@H](C)N(C(C)=O)C[C@H]1C. The number of ether oxygens (including phenoxy) is 2. The van der Waals surface area contributed by atoms with Crippen molar-refractivity contribution in [2.24, 2.45) is 5.92 Å². The van der Waals surface area contributed by atoms with Gasteiger partial charge in [-0.2, -0.15) is 0 Å². The number of hydrogen-bond acceptors (Lipinski definition) is 5. The molecule has 1 heterocycles. The van der Waals surface area contributed by atoms with Gasteiger partial charge in [0, 0.05) is 51.5 Å². The van der Waals surface area contributed by atoms with Gasteiger partial charge in [0.05, 0.1) is 17.7 Å². The number of nitrogens with one attached hydrogen (secondary N) is 2. The van der Waals surface area contributed by atoms with Gasteiger partial charge in [-0.25, -0.2) is 9.18 Å². The second kappa shape index (κ2) is 11.9. The minimum Gasteiger partial charge on any atom is -0.491 e. The van der Waals surface area contributed by atoms with Gasteiger partial charge in [0.25, 0.3) is 5.91 Å². The smallest absolute Gasteiger partial charge is 0.323 e. The Labute approximate surface area is 210 Å². The summed E-state index contributed by atoms with van der Waals surface area (Å²) in [4.78, 5) is 41.4. The van der Waals surface area contributed by atoms with Gasteiger partial charge < -0.3 is 29.9 Å². The van der Waals surface area contributed by atoms with E-state index in [9.17, 15) is 18.8 Å². The zero-order chi connectivity index (χ0) is 26.4. The highest BCUT2D eigenvalue weighted by Gasteiger charge is 2.29. The average molecular weight is 501 g/mol. The topological polar surface area (TPSA) is 100 Å². The van der Waals surface area contributed by atoms with E-state index in [0.29, 0.717) is 30.2 Å². The molecule has 3 atom stereocenters. The number of carbonyl (C=O) groups is 3. The number of fused-ring (bicyclic) bond motifs is 1. The van der Waals surface area contributed by atoms with Crippen LogP contribution in [-0.4, -0.2) is 73.6 Å². The minimum absolute atomic E-state index is 0.0324. The largest absolute Gasteiger partial charge is 0.491 e. The summed E-state index contributed by atoms with van der Waals surface area (Å²) in [5.74, 6) is -0.543. The molecule has 0 fully saturated rings. The number of rotatable bonds is 3. The number of likely N-dealkylation sites (N-methyl/N-ethyl adjacent to an activating group) is 1. The number of methoxy groups -OCH3 is 1. The van der Waals surface area contributed by atoms with Crippen molar-refractivity contribution < 1.29 is 28.2 Å². The lowest BCUT2D eigenvalue weighted by Gasteiger charge is -2.35. The molecule has 194 valence electrons. The third-order valence-electron chi connectivity index (χ3n) is 6.19. The second-order valence-corrected chi connectivity index (χ2v) is 9.07. The van der Waals surface area contributed by atoms with Crippen molar-refractivity contribution in [2.75, 3.05) is 44.5 Å². The van der Waals surface area contributed by atoms with Crippen molar-refractivity contribution in [3.05, 3.63) is 53.8 Å². The van der Waals surface area contributed by atoms with E-state index in [1.807, 2.05) is 13.8 Å². The van der Waals surface area contributed by atoms with Gasteiger partial charge in [-0.3, -0.25) is 9.59 Å². The third-order valence-corrected chi connectivity index (χ3v) is 6.19. The number of carbonyl (C=O) groups excluding carboxylic acids is 3. The highest BCUT2D eigenvalue weighted by molar-refractivity contribution is 6.02.